The molecule has 1 N–H and O–H groups in total. The summed E-state index contributed by atoms with van der Waals surface area (Å²) in [6.07, 6.45) is 6.73. The molecule has 0 aromatic carbocycles. The molecule has 0 radical (unpaired) electrons. The molecule has 2 aromatic rings. The van der Waals surface area contributed by atoms with Crippen LogP contribution in [0.25, 0.3) is 5.69 Å². The van der Waals surface area contributed by atoms with Crippen molar-refractivity contribution in [2.45, 2.75) is 25.3 Å². The van der Waals surface area contributed by atoms with Gasteiger partial charge < -0.3 is 5.32 Å². The van der Waals surface area contributed by atoms with E-state index in [1.54, 1.807) is 17.2 Å². The molecule has 88 valence electrons. The van der Waals surface area contributed by atoms with Crippen molar-refractivity contribution in [2.75, 3.05) is 6.54 Å². The molecule has 1 aliphatic heterocycles. The van der Waals surface area contributed by atoms with E-state index in [-0.39, 0.29) is 0 Å². The molecular weight excluding hydrogens is 216 g/mol. The van der Waals surface area contributed by atoms with Crippen LogP contribution in [0.5, 0.6) is 0 Å². The fraction of sp³-hybridized carbons (Fsp3) is 0.455. The molecule has 0 spiro atoms. The highest BCUT2D eigenvalue weighted by atomic mass is 15.6. The van der Waals surface area contributed by atoms with Gasteiger partial charge in [0.1, 0.15) is 0 Å². The molecule has 17 heavy (non-hydrogen) atoms. The highest BCUT2D eigenvalue weighted by Crippen LogP contribution is 2.09. The SMILES string of the molecule is c1cc(-n2nnc(CC3CCCN3)n2)ccn1. The average Bonchev–Trinajstić information content (AvgIpc) is 3.02. The molecule has 0 aliphatic carbocycles. The lowest BCUT2D eigenvalue weighted by Crippen LogP contribution is -2.24. The van der Waals surface area contributed by atoms with Gasteiger partial charge in [-0.25, -0.2) is 0 Å². The number of hydrogen-bond donors (Lipinski definition) is 1. The second kappa shape index (κ2) is 4.58. The molecule has 0 saturated carbocycles. The standard InChI is InChI=1S/C11H14N6/c1-2-9(13-5-1)8-11-14-16-17(15-11)10-3-6-12-7-4-10/h3-4,6-7,9,13H,1-2,5,8H2. The van der Waals surface area contributed by atoms with E-state index in [1.807, 2.05) is 12.1 Å². The Labute approximate surface area is 99.1 Å². The van der Waals surface area contributed by atoms with Crippen molar-refractivity contribution in [1.29, 1.82) is 0 Å². The first-order valence-corrected chi connectivity index (χ1v) is 5.84. The van der Waals surface area contributed by atoms with Crippen molar-refractivity contribution < 1.29 is 0 Å². The molecule has 1 atom stereocenters. The summed E-state index contributed by atoms with van der Waals surface area (Å²) in [4.78, 5) is 5.51. The summed E-state index contributed by atoms with van der Waals surface area (Å²) in [6.45, 7) is 1.10. The topological polar surface area (TPSA) is 68.5 Å². The van der Waals surface area contributed by atoms with Crippen LogP contribution in [0.4, 0.5) is 0 Å². The molecule has 0 amide bonds. The van der Waals surface area contributed by atoms with Crippen LogP contribution in [-0.4, -0.2) is 37.8 Å². The van der Waals surface area contributed by atoms with E-state index in [0.717, 1.165) is 24.5 Å². The quantitative estimate of drug-likeness (QED) is 0.824. The molecule has 2 aromatic heterocycles. The summed E-state index contributed by atoms with van der Waals surface area (Å²) in [6, 6.07) is 4.23. The lowest BCUT2D eigenvalue weighted by molar-refractivity contribution is 0.584. The molecule has 1 unspecified atom stereocenters. The van der Waals surface area contributed by atoms with Gasteiger partial charge >= 0.3 is 0 Å². The number of nitrogens with zero attached hydrogens (tertiary/aromatic N) is 5. The predicted octanol–water partition coefficient (Wildman–Crippen LogP) is 0.352. The van der Waals surface area contributed by atoms with Gasteiger partial charge in [-0.05, 0) is 36.7 Å². The van der Waals surface area contributed by atoms with Crippen LogP contribution in [-0.2, 0) is 6.42 Å². The van der Waals surface area contributed by atoms with Crippen LogP contribution in [0, 0.1) is 0 Å². The summed E-state index contributed by atoms with van der Waals surface area (Å²) < 4.78 is 0. The molecule has 1 fully saturated rings. The summed E-state index contributed by atoms with van der Waals surface area (Å²) in [5, 5.41) is 15.9. The van der Waals surface area contributed by atoms with Crippen LogP contribution in [0.15, 0.2) is 24.5 Å². The number of nitrogens with one attached hydrogen (secondary N) is 1. The smallest absolute Gasteiger partial charge is 0.176 e. The average molecular weight is 230 g/mol. The Morgan fingerprint density at radius 1 is 1.35 bits per heavy atom. The lowest BCUT2D eigenvalue weighted by Gasteiger charge is -2.04. The van der Waals surface area contributed by atoms with E-state index in [9.17, 15) is 0 Å². The van der Waals surface area contributed by atoms with Crippen LogP contribution in [0.3, 0.4) is 0 Å². The first kappa shape index (κ1) is 10.3. The molecule has 6 nitrogen and oxygen atoms in total. The number of tetrazole rings is 1. The molecule has 3 heterocycles. The third kappa shape index (κ3) is 2.31. The van der Waals surface area contributed by atoms with E-state index >= 15 is 0 Å². The summed E-state index contributed by atoms with van der Waals surface area (Å²) in [5.41, 5.74) is 0.887. The zero-order valence-electron chi connectivity index (χ0n) is 9.45. The number of pyridine rings is 1. The van der Waals surface area contributed by atoms with Gasteiger partial charge in [-0.1, -0.05) is 0 Å². The Morgan fingerprint density at radius 3 is 3.00 bits per heavy atom. The lowest BCUT2D eigenvalue weighted by atomic mass is 10.1. The van der Waals surface area contributed by atoms with Gasteiger partial charge in [-0.15, -0.1) is 15.0 Å². The van der Waals surface area contributed by atoms with Crippen molar-refractivity contribution in [2.24, 2.45) is 0 Å². The van der Waals surface area contributed by atoms with Gasteiger partial charge in [0.05, 0.1) is 5.69 Å². The monoisotopic (exact) mass is 230 g/mol. The Balaban J connectivity index is 1.74. The summed E-state index contributed by atoms with van der Waals surface area (Å²) in [5.74, 6) is 0.793. The van der Waals surface area contributed by atoms with Gasteiger partial charge in [0.25, 0.3) is 0 Å². The Morgan fingerprint density at radius 2 is 2.24 bits per heavy atom. The third-order valence-corrected chi connectivity index (χ3v) is 2.94. The molecular formula is C11H14N6. The molecule has 1 saturated heterocycles. The normalized spacial score (nSPS) is 19.6. The second-order valence-electron chi connectivity index (χ2n) is 4.20. The molecule has 0 bridgehead atoms. The Kier molecular flexibility index (Phi) is 2.79. The zero-order valence-corrected chi connectivity index (χ0v) is 9.45. The fourth-order valence-corrected chi connectivity index (χ4v) is 2.06. The van der Waals surface area contributed by atoms with Crippen molar-refractivity contribution >= 4 is 0 Å². The van der Waals surface area contributed by atoms with Crippen LogP contribution in [0.2, 0.25) is 0 Å². The van der Waals surface area contributed by atoms with E-state index < -0.39 is 0 Å². The highest BCUT2D eigenvalue weighted by Gasteiger charge is 2.17. The second-order valence-corrected chi connectivity index (χ2v) is 4.20. The first-order chi connectivity index (χ1) is 8.42. The van der Waals surface area contributed by atoms with Crippen LogP contribution >= 0.6 is 0 Å². The van der Waals surface area contributed by atoms with Crippen molar-refractivity contribution in [3.63, 3.8) is 0 Å². The van der Waals surface area contributed by atoms with E-state index in [0.29, 0.717) is 6.04 Å². The fourth-order valence-electron chi connectivity index (χ4n) is 2.06. The van der Waals surface area contributed by atoms with Gasteiger partial charge in [-0.3, -0.25) is 4.98 Å². The van der Waals surface area contributed by atoms with Crippen LogP contribution in [0.1, 0.15) is 18.7 Å². The first-order valence-electron chi connectivity index (χ1n) is 5.84. The van der Waals surface area contributed by atoms with E-state index in [4.69, 9.17) is 0 Å². The highest BCUT2D eigenvalue weighted by molar-refractivity contribution is 5.24. The van der Waals surface area contributed by atoms with Crippen molar-refractivity contribution in [3.05, 3.63) is 30.4 Å². The number of rotatable bonds is 3. The molecule has 1 aliphatic rings. The molecule has 3 rings (SSSR count). The van der Waals surface area contributed by atoms with E-state index in [2.05, 4.69) is 25.7 Å². The largest absolute Gasteiger partial charge is 0.314 e. The van der Waals surface area contributed by atoms with Gasteiger partial charge in [0, 0.05) is 24.9 Å². The summed E-state index contributed by atoms with van der Waals surface area (Å²) in [7, 11) is 0. The van der Waals surface area contributed by atoms with Gasteiger partial charge in [-0.2, -0.15) is 0 Å². The summed E-state index contributed by atoms with van der Waals surface area (Å²) >= 11 is 0. The van der Waals surface area contributed by atoms with Gasteiger partial charge in [0.15, 0.2) is 5.82 Å². The Bertz CT molecular complexity index is 474. The maximum Gasteiger partial charge on any atom is 0.176 e. The zero-order chi connectivity index (χ0) is 11.5. The minimum atomic E-state index is 0.505. The predicted molar refractivity (Wildman–Crippen MR) is 61.7 cm³/mol. The Hall–Kier alpha value is -1.82. The molecule has 6 heteroatoms. The van der Waals surface area contributed by atoms with Crippen molar-refractivity contribution in [1.82, 2.24) is 30.5 Å². The van der Waals surface area contributed by atoms with Gasteiger partial charge in [0.2, 0.25) is 0 Å². The number of hydrogen-bond acceptors (Lipinski definition) is 5. The minimum absolute atomic E-state index is 0.505. The maximum atomic E-state index is 4.37. The van der Waals surface area contributed by atoms with Crippen LogP contribution < -0.4 is 5.32 Å². The minimum Gasteiger partial charge on any atom is -0.314 e. The number of aromatic nitrogens is 5. The third-order valence-electron chi connectivity index (χ3n) is 2.94. The van der Waals surface area contributed by atoms with E-state index in [1.165, 1.54) is 12.8 Å². The maximum absolute atomic E-state index is 4.37. The van der Waals surface area contributed by atoms with Crippen molar-refractivity contribution in [3.8, 4) is 5.69 Å².